The number of ketones is 1. The van der Waals surface area contributed by atoms with Crippen LogP contribution in [0.15, 0.2) is 36.5 Å². The Balaban J connectivity index is 2.23. The molecule has 0 unspecified atom stereocenters. The quantitative estimate of drug-likeness (QED) is 0.735. The van der Waals surface area contributed by atoms with E-state index in [0.29, 0.717) is 6.42 Å². The van der Waals surface area contributed by atoms with Crippen molar-refractivity contribution in [3.8, 4) is 0 Å². The minimum Gasteiger partial charge on any atom is -0.384 e. The summed E-state index contributed by atoms with van der Waals surface area (Å²) in [7, 11) is 0. The first-order valence-corrected chi connectivity index (χ1v) is 4.46. The molecular weight excluding hydrogens is 181 g/mol. The van der Waals surface area contributed by atoms with Gasteiger partial charge in [0, 0.05) is 12.6 Å². The summed E-state index contributed by atoms with van der Waals surface area (Å²) in [5, 5.41) is 3.02. The summed E-state index contributed by atoms with van der Waals surface area (Å²) >= 11 is 0. The smallest absolute Gasteiger partial charge is 0.159 e. The SMILES string of the molecule is O=C1C=CN[C@H](c2cccc(F)c2)C1. The Bertz CT molecular complexity index is 387. The van der Waals surface area contributed by atoms with Crippen molar-refractivity contribution in [3.63, 3.8) is 0 Å². The molecule has 1 aliphatic rings. The van der Waals surface area contributed by atoms with Gasteiger partial charge in [-0.1, -0.05) is 12.1 Å². The van der Waals surface area contributed by atoms with E-state index in [1.165, 1.54) is 18.2 Å². The van der Waals surface area contributed by atoms with Gasteiger partial charge in [-0.05, 0) is 23.8 Å². The molecule has 3 heteroatoms. The zero-order chi connectivity index (χ0) is 9.97. The van der Waals surface area contributed by atoms with E-state index < -0.39 is 0 Å². The Kier molecular flexibility index (Phi) is 2.31. The van der Waals surface area contributed by atoms with Gasteiger partial charge in [0.1, 0.15) is 5.82 Å². The van der Waals surface area contributed by atoms with Gasteiger partial charge in [-0.3, -0.25) is 4.79 Å². The Morgan fingerprint density at radius 1 is 1.43 bits per heavy atom. The Morgan fingerprint density at radius 2 is 2.29 bits per heavy atom. The van der Waals surface area contributed by atoms with E-state index in [1.54, 1.807) is 12.3 Å². The Hall–Kier alpha value is -1.64. The third kappa shape index (κ3) is 1.82. The standard InChI is InChI=1S/C11H10FNO/c12-9-3-1-2-8(6-9)11-7-10(14)4-5-13-11/h1-6,11,13H,7H2/t11-/m0/s1. The van der Waals surface area contributed by atoms with Gasteiger partial charge in [0.15, 0.2) is 5.78 Å². The maximum Gasteiger partial charge on any atom is 0.159 e. The van der Waals surface area contributed by atoms with Crippen LogP contribution in [0.4, 0.5) is 4.39 Å². The summed E-state index contributed by atoms with van der Waals surface area (Å²) in [6, 6.07) is 6.21. The van der Waals surface area contributed by atoms with Crippen LogP contribution in [-0.2, 0) is 4.79 Å². The summed E-state index contributed by atoms with van der Waals surface area (Å²) in [5.74, 6) is -0.204. The van der Waals surface area contributed by atoms with Crippen molar-refractivity contribution in [1.82, 2.24) is 5.32 Å². The summed E-state index contributed by atoms with van der Waals surface area (Å²) < 4.78 is 12.9. The topological polar surface area (TPSA) is 29.1 Å². The highest BCUT2D eigenvalue weighted by atomic mass is 19.1. The molecule has 14 heavy (non-hydrogen) atoms. The number of carbonyl (C=O) groups is 1. The fraction of sp³-hybridized carbons (Fsp3) is 0.182. The third-order valence-corrected chi connectivity index (χ3v) is 2.22. The normalized spacial score (nSPS) is 20.6. The van der Waals surface area contributed by atoms with Crippen LogP contribution in [0.1, 0.15) is 18.0 Å². The minimum atomic E-state index is -0.272. The molecule has 0 saturated heterocycles. The lowest BCUT2D eigenvalue weighted by Gasteiger charge is -2.19. The van der Waals surface area contributed by atoms with Gasteiger partial charge in [0.05, 0.1) is 6.04 Å². The number of allylic oxidation sites excluding steroid dienone is 1. The molecule has 1 heterocycles. The molecule has 0 spiro atoms. The fourth-order valence-corrected chi connectivity index (χ4v) is 1.52. The van der Waals surface area contributed by atoms with Crippen molar-refractivity contribution in [1.29, 1.82) is 0 Å². The first-order chi connectivity index (χ1) is 6.75. The van der Waals surface area contributed by atoms with Gasteiger partial charge >= 0.3 is 0 Å². The number of carbonyl (C=O) groups excluding carboxylic acids is 1. The minimum absolute atomic E-state index is 0.0676. The van der Waals surface area contributed by atoms with Crippen LogP contribution in [0.3, 0.4) is 0 Å². The molecule has 0 saturated carbocycles. The van der Waals surface area contributed by atoms with E-state index in [2.05, 4.69) is 5.32 Å². The summed E-state index contributed by atoms with van der Waals surface area (Å²) in [6.45, 7) is 0. The largest absolute Gasteiger partial charge is 0.384 e. The van der Waals surface area contributed by atoms with Crippen LogP contribution < -0.4 is 5.32 Å². The van der Waals surface area contributed by atoms with Crippen LogP contribution in [0.2, 0.25) is 0 Å². The van der Waals surface area contributed by atoms with Crippen molar-refractivity contribution < 1.29 is 9.18 Å². The highest BCUT2D eigenvalue weighted by Crippen LogP contribution is 2.20. The lowest BCUT2D eigenvalue weighted by molar-refractivity contribution is -0.115. The van der Waals surface area contributed by atoms with E-state index in [0.717, 1.165) is 5.56 Å². The molecule has 1 aliphatic heterocycles. The van der Waals surface area contributed by atoms with Crippen molar-refractivity contribution in [3.05, 3.63) is 47.9 Å². The summed E-state index contributed by atoms with van der Waals surface area (Å²) in [6.07, 6.45) is 3.50. The van der Waals surface area contributed by atoms with Crippen molar-refractivity contribution >= 4 is 5.78 Å². The van der Waals surface area contributed by atoms with E-state index >= 15 is 0 Å². The monoisotopic (exact) mass is 191 g/mol. The number of hydrogen-bond acceptors (Lipinski definition) is 2. The Labute approximate surface area is 81.4 Å². The zero-order valence-corrected chi connectivity index (χ0v) is 7.53. The van der Waals surface area contributed by atoms with Gasteiger partial charge in [-0.15, -0.1) is 0 Å². The predicted molar refractivity (Wildman–Crippen MR) is 51.0 cm³/mol. The van der Waals surface area contributed by atoms with Gasteiger partial charge in [-0.2, -0.15) is 0 Å². The number of nitrogens with one attached hydrogen (secondary N) is 1. The molecular formula is C11H10FNO. The van der Waals surface area contributed by atoms with Gasteiger partial charge in [0.25, 0.3) is 0 Å². The zero-order valence-electron chi connectivity index (χ0n) is 7.53. The lowest BCUT2D eigenvalue weighted by Crippen LogP contribution is -2.22. The molecule has 0 amide bonds. The maximum atomic E-state index is 12.9. The first kappa shape index (κ1) is 8.94. The van der Waals surface area contributed by atoms with E-state index in [9.17, 15) is 9.18 Å². The molecule has 1 aromatic carbocycles. The first-order valence-electron chi connectivity index (χ1n) is 4.46. The predicted octanol–water partition coefficient (Wildman–Crippen LogP) is 1.94. The van der Waals surface area contributed by atoms with Crippen molar-refractivity contribution in [2.45, 2.75) is 12.5 Å². The fourth-order valence-electron chi connectivity index (χ4n) is 1.52. The van der Waals surface area contributed by atoms with Gasteiger partial charge in [0.2, 0.25) is 0 Å². The van der Waals surface area contributed by atoms with Crippen LogP contribution in [0, 0.1) is 5.82 Å². The van der Waals surface area contributed by atoms with Crippen molar-refractivity contribution in [2.24, 2.45) is 0 Å². The summed E-state index contributed by atoms with van der Waals surface area (Å²) in [4.78, 5) is 11.1. The molecule has 1 aromatic rings. The van der Waals surface area contributed by atoms with Gasteiger partial charge in [-0.25, -0.2) is 4.39 Å². The molecule has 1 atom stereocenters. The van der Waals surface area contributed by atoms with Crippen LogP contribution in [-0.4, -0.2) is 5.78 Å². The summed E-state index contributed by atoms with van der Waals surface area (Å²) in [5.41, 5.74) is 0.808. The number of hydrogen-bond donors (Lipinski definition) is 1. The molecule has 0 bridgehead atoms. The maximum absolute atomic E-state index is 12.9. The molecule has 1 N–H and O–H groups in total. The lowest BCUT2D eigenvalue weighted by atomic mass is 9.99. The van der Waals surface area contributed by atoms with Gasteiger partial charge < -0.3 is 5.32 Å². The van der Waals surface area contributed by atoms with Crippen molar-refractivity contribution in [2.75, 3.05) is 0 Å². The number of benzene rings is 1. The third-order valence-electron chi connectivity index (χ3n) is 2.22. The molecule has 0 radical (unpaired) electrons. The molecule has 0 fully saturated rings. The van der Waals surface area contributed by atoms with Crippen LogP contribution >= 0.6 is 0 Å². The second-order valence-corrected chi connectivity index (χ2v) is 3.28. The second-order valence-electron chi connectivity index (χ2n) is 3.28. The average Bonchev–Trinajstić information content (AvgIpc) is 2.18. The van der Waals surface area contributed by atoms with E-state index in [4.69, 9.17) is 0 Å². The highest BCUT2D eigenvalue weighted by molar-refractivity contribution is 5.90. The van der Waals surface area contributed by atoms with Crippen LogP contribution in [0.25, 0.3) is 0 Å². The highest BCUT2D eigenvalue weighted by Gasteiger charge is 2.16. The average molecular weight is 191 g/mol. The molecule has 2 rings (SSSR count). The molecule has 72 valence electrons. The van der Waals surface area contributed by atoms with Crippen LogP contribution in [0.5, 0.6) is 0 Å². The molecule has 0 aromatic heterocycles. The molecule has 2 nitrogen and oxygen atoms in total. The van der Waals surface area contributed by atoms with E-state index in [1.807, 2.05) is 6.07 Å². The molecule has 0 aliphatic carbocycles. The van der Waals surface area contributed by atoms with E-state index in [-0.39, 0.29) is 17.6 Å². The Morgan fingerprint density at radius 3 is 3.00 bits per heavy atom. The number of rotatable bonds is 1. The second kappa shape index (κ2) is 3.62. The number of halogens is 1.